The molecule has 0 spiro atoms. The molecule has 0 aromatic heterocycles. The maximum atomic E-state index is 5.56. The van der Waals surface area contributed by atoms with Crippen LogP contribution in [0.25, 0.3) is 0 Å². The van der Waals surface area contributed by atoms with Crippen molar-refractivity contribution in [2.75, 3.05) is 14.2 Å². The molecule has 1 aromatic rings. The highest BCUT2D eigenvalue weighted by molar-refractivity contribution is 5.90. The van der Waals surface area contributed by atoms with Crippen molar-refractivity contribution in [3.8, 4) is 5.75 Å². The number of rotatable bonds is 2. The Bertz CT molecular complexity index is 507. The van der Waals surface area contributed by atoms with Gasteiger partial charge in [0.15, 0.2) is 0 Å². The van der Waals surface area contributed by atoms with Gasteiger partial charge in [0.25, 0.3) is 0 Å². The average Bonchev–Trinajstić information content (AvgIpc) is 2.82. The fourth-order valence-corrected chi connectivity index (χ4v) is 2.32. The summed E-state index contributed by atoms with van der Waals surface area (Å²) in [5.41, 5.74) is 1.84. The summed E-state index contributed by atoms with van der Waals surface area (Å²) in [5, 5.41) is 0. The van der Waals surface area contributed by atoms with Crippen LogP contribution in [0.4, 0.5) is 5.69 Å². The third kappa shape index (κ3) is 1.45. The Hall–Kier alpha value is -1.81. The van der Waals surface area contributed by atoms with Crippen molar-refractivity contribution in [1.82, 2.24) is 0 Å². The predicted octanol–water partition coefficient (Wildman–Crippen LogP) is 2.59. The van der Waals surface area contributed by atoms with E-state index in [9.17, 15) is 0 Å². The molecule has 2 aliphatic heterocycles. The van der Waals surface area contributed by atoms with Crippen LogP contribution in [0.2, 0.25) is 0 Å². The molecule has 4 nitrogen and oxygen atoms in total. The first-order valence-corrected chi connectivity index (χ1v) is 5.46. The van der Waals surface area contributed by atoms with Gasteiger partial charge in [0, 0.05) is 12.7 Å². The number of fused-ring (bicyclic) bond motifs is 2. The fourth-order valence-electron chi connectivity index (χ4n) is 2.32. The summed E-state index contributed by atoms with van der Waals surface area (Å²) in [6.07, 6.45) is 3.56. The standard InChI is InChI=1S/C13H13NO3/c1-15-10-5-3-4-8-11(10)14-13-9(6-7-17-13)12(8)16-2/h3-7,9,12H,1-2H3. The monoisotopic (exact) mass is 231 g/mol. The highest BCUT2D eigenvalue weighted by Gasteiger charge is 2.36. The van der Waals surface area contributed by atoms with Crippen LogP contribution in [0.5, 0.6) is 5.75 Å². The Balaban J connectivity index is 2.18. The predicted molar refractivity (Wildman–Crippen MR) is 63.6 cm³/mol. The van der Waals surface area contributed by atoms with Crippen LogP contribution in [0, 0.1) is 5.92 Å². The van der Waals surface area contributed by atoms with E-state index >= 15 is 0 Å². The van der Waals surface area contributed by atoms with E-state index < -0.39 is 0 Å². The first-order chi connectivity index (χ1) is 8.35. The molecule has 0 N–H and O–H groups in total. The van der Waals surface area contributed by atoms with Gasteiger partial charge in [-0.15, -0.1) is 0 Å². The normalized spacial score (nSPS) is 24.7. The molecule has 17 heavy (non-hydrogen) atoms. The smallest absolute Gasteiger partial charge is 0.204 e. The number of nitrogens with zero attached hydrogens (tertiary/aromatic N) is 1. The zero-order valence-electron chi connectivity index (χ0n) is 9.71. The van der Waals surface area contributed by atoms with E-state index in [2.05, 4.69) is 4.99 Å². The molecular formula is C13H13NO3. The van der Waals surface area contributed by atoms with Gasteiger partial charge in [0.05, 0.1) is 25.4 Å². The Morgan fingerprint density at radius 2 is 2.18 bits per heavy atom. The van der Waals surface area contributed by atoms with Gasteiger partial charge < -0.3 is 14.2 Å². The van der Waals surface area contributed by atoms with Crippen LogP contribution < -0.4 is 4.74 Å². The van der Waals surface area contributed by atoms with E-state index in [1.807, 2.05) is 24.3 Å². The van der Waals surface area contributed by atoms with Crippen LogP contribution >= 0.6 is 0 Å². The zero-order valence-corrected chi connectivity index (χ0v) is 9.71. The van der Waals surface area contributed by atoms with Gasteiger partial charge in [-0.2, -0.15) is 0 Å². The van der Waals surface area contributed by atoms with Crippen LogP contribution in [0.3, 0.4) is 0 Å². The summed E-state index contributed by atoms with van der Waals surface area (Å²) < 4.78 is 16.3. The lowest BCUT2D eigenvalue weighted by Crippen LogP contribution is -2.23. The third-order valence-corrected chi connectivity index (χ3v) is 3.12. The number of hydrogen-bond donors (Lipinski definition) is 0. The highest BCUT2D eigenvalue weighted by atomic mass is 16.5. The van der Waals surface area contributed by atoms with Gasteiger partial charge in [-0.25, -0.2) is 4.99 Å². The fraction of sp³-hybridized carbons (Fsp3) is 0.308. The molecule has 1 aromatic carbocycles. The molecule has 4 heteroatoms. The summed E-state index contributed by atoms with van der Waals surface area (Å²) in [4.78, 5) is 4.50. The Labute approximate surface area is 99.5 Å². The lowest BCUT2D eigenvalue weighted by atomic mass is 9.92. The highest BCUT2D eigenvalue weighted by Crippen LogP contribution is 2.45. The molecule has 3 rings (SSSR count). The first kappa shape index (κ1) is 10.4. The number of methoxy groups -OCH3 is 2. The van der Waals surface area contributed by atoms with Crippen molar-refractivity contribution in [2.45, 2.75) is 6.10 Å². The molecule has 0 aliphatic carbocycles. The van der Waals surface area contributed by atoms with Crippen LogP contribution in [0.1, 0.15) is 11.7 Å². The SMILES string of the molecule is COc1cccc2c1N=C1OC=CC1C2OC. The second-order valence-electron chi connectivity index (χ2n) is 3.98. The summed E-state index contributed by atoms with van der Waals surface area (Å²) in [5.74, 6) is 1.49. The molecule has 0 radical (unpaired) electrons. The maximum absolute atomic E-state index is 5.56. The zero-order chi connectivity index (χ0) is 11.8. The number of para-hydroxylation sites is 1. The van der Waals surface area contributed by atoms with E-state index in [1.165, 1.54) is 0 Å². The van der Waals surface area contributed by atoms with Gasteiger partial charge in [-0.1, -0.05) is 12.1 Å². The van der Waals surface area contributed by atoms with Gasteiger partial charge >= 0.3 is 0 Å². The van der Waals surface area contributed by atoms with E-state index in [4.69, 9.17) is 14.2 Å². The minimum Gasteiger partial charge on any atom is -0.494 e. The number of ether oxygens (including phenoxy) is 3. The van der Waals surface area contributed by atoms with Crippen LogP contribution in [-0.4, -0.2) is 20.1 Å². The molecular weight excluding hydrogens is 218 g/mol. The van der Waals surface area contributed by atoms with Crippen molar-refractivity contribution in [1.29, 1.82) is 0 Å². The molecule has 0 amide bonds. The number of benzene rings is 1. The number of hydrogen-bond acceptors (Lipinski definition) is 4. The van der Waals surface area contributed by atoms with E-state index in [-0.39, 0.29) is 12.0 Å². The summed E-state index contributed by atoms with van der Waals surface area (Å²) in [6, 6.07) is 5.85. The minimum absolute atomic E-state index is 0.0636. The molecule has 2 aliphatic rings. The van der Waals surface area contributed by atoms with Crippen molar-refractivity contribution in [2.24, 2.45) is 10.9 Å². The lowest BCUT2D eigenvalue weighted by Gasteiger charge is -2.27. The second-order valence-corrected chi connectivity index (χ2v) is 3.98. The molecule has 0 bridgehead atoms. The van der Waals surface area contributed by atoms with Gasteiger partial charge in [0.1, 0.15) is 11.4 Å². The van der Waals surface area contributed by atoms with Crippen molar-refractivity contribution in [3.05, 3.63) is 36.1 Å². The van der Waals surface area contributed by atoms with Crippen molar-refractivity contribution in [3.63, 3.8) is 0 Å². The van der Waals surface area contributed by atoms with Crippen LogP contribution in [-0.2, 0) is 9.47 Å². The Morgan fingerprint density at radius 3 is 2.94 bits per heavy atom. The molecule has 0 saturated carbocycles. The molecule has 2 atom stereocenters. The summed E-state index contributed by atoms with van der Waals surface area (Å²) >= 11 is 0. The van der Waals surface area contributed by atoms with Gasteiger partial charge in [0.2, 0.25) is 5.90 Å². The van der Waals surface area contributed by atoms with E-state index in [1.54, 1.807) is 20.5 Å². The Morgan fingerprint density at radius 1 is 1.29 bits per heavy atom. The van der Waals surface area contributed by atoms with E-state index in [0.717, 1.165) is 17.0 Å². The van der Waals surface area contributed by atoms with Crippen molar-refractivity contribution >= 4 is 11.6 Å². The molecule has 88 valence electrons. The molecule has 2 unspecified atom stereocenters. The molecule has 0 fully saturated rings. The van der Waals surface area contributed by atoms with Crippen molar-refractivity contribution < 1.29 is 14.2 Å². The second kappa shape index (κ2) is 3.89. The Kier molecular flexibility index (Phi) is 2.37. The third-order valence-electron chi connectivity index (χ3n) is 3.12. The van der Waals surface area contributed by atoms with Gasteiger partial charge in [-0.3, -0.25) is 0 Å². The molecule has 2 heterocycles. The largest absolute Gasteiger partial charge is 0.494 e. The average molecular weight is 231 g/mol. The molecule has 0 saturated heterocycles. The van der Waals surface area contributed by atoms with E-state index in [0.29, 0.717) is 5.90 Å². The lowest BCUT2D eigenvalue weighted by molar-refractivity contribution is 0.0846. The topological polar surface area (TPSA) is 40.0 Å². The summed E-state index contributed by atoms with van der Waals surface area (Å²) in [6.45, 7) is 0. The summed E-state index contributed by atoms with van der Waals surface area (Å²) in [7, 11) is 3.33. The minimum atomic E-state index is -0.0636. The van der Waals surface area contributed by atoms with Gasteiger partial charge in [-0.05, 0) is 12.1 Å². The van der Waals surface area contributed by atoms with Crippen LogP contribution in [0.15, 0.2) is 35.5 Å². The number of aliphatic imine (C=N–C) groups is 1. The maximum Gasteiger partial charge on any atom is 0.204 e. The first-order valence-electron chi connectivity index (χ1n) is 5.46. The quantitative estimate of drug-likeness (QED) is 0.785.